The van der Waals surface area contributed by atoms with Crippen LogP contribution in [0.4, 0.5) is 0 Å². The number of rotatable bonds is 3. The lowest BCUT2D eigenvalue weighted by molar-refractivity contribution is -0.179. The lowest BCUT2D eigenvalue weighted by Crippen LogP contribution is -2.46. The Kier molecular flexibility index (Phi) is 3.73. The Bertz CT molecular complexity index is 531. The summed E-state index contributed by atoms with van der Waals surface area (Å²) in [7, 11) is 0. The van der Waals surface area contributed by atoms with Crippen molar-refractivity contribution in [3.63, 3.8) is 0 Å². The summed E-state index contributed by atoms with van der Waals surface area (Å²) >= 11 is 0. The standard InChI is InChI=1S/C18H25NO3/c20-17(8-5-14-3-1-2-4-16(14)17)13-19-15-6-9-18(10-7-15)21-11-12-22-18/h1-4,15,19-20H,5-13H2/t17-/m1/s1. The molecule has 22 heavy (non-hydrogen) atoms. The van der Waals surface area contributed by atoms with E-state index in [1.165, 1.54) is 5.56 Å². The van der Waals surface area contributed by atoms with Gasteiger partial charge in [0.25, 0.3) is 0 Å². The Labute approximate surface area is 131 Å². The van der Waals surface area contributed by atoms with Crippen LogP contribution in [-0.4, -0.2) is 36.7 Å². The van der Waals surface area contributed by atoms with Crippen molar-refractivity contribution in [1.82, 2.24) is 5.32 Å². The fraction of sp³-hybridized carbons (Fsp3) is 0.667. The van der Waals surface area contributed by atoms with Crippen LogP contribution in [0, 0.1) is 0 Å². The first kappa shape index (κ1) is 14.6. The summed E-state index contributed by atoms with van der Waals surface area (Å²) in [5.41, 5.74) is 1.70. The Hall–Kier alpha value is -0.940. The molecule has 2 aliphatic carbocycles. The van der Waals surface area contributed by atoms with Gasteiger partial charge in [0.05, 0.1) is 13.2 Å². The summed E-state index contributed by atoms with van der Waals surface area (Å²) in [6, 6.07) is 8.73. The topological polar surface area (TPSA) is 50.7 Å². The van der Waals surface area contributed by atoms with Crippen LogP contribution in [0.25, 0.3) is 0 Å². The molecular weight excluding hydrogens is 278 g/mol. The van der Waals surface area contributed by atoms with Crippen molar-refractivity contribution in [3.05, 3.63) is 35.4 Å². The summed E-state index contributed by atoms with van der Waals surface area (Å²) in [5, 5.41) is 14.6. The Morgan fingerprint density at radius 1 is 1.09 bits per heavy atom. The van der Waals surface area contributed by atoms with Gasteiger partial charge in [0.2, 0.25) is 0 Å². The van der Waals surface area contributed by atoms with Gasteiger partial charge in [0.1, 0.15) is 5.60 Å². The number of aliphatic hydroxyl groups is 1. The lowest BCUT2D eigenvalue weighted by atomic mass is 9.89. The number of hydrogen-bond acceptors (Lipinski definition) is 4. The highest BCUT2D eigenvalue weighted by Gasteiger charge is 2.41. The zero-order valence-electron chi connectivity index (χ0n) is 13.0. The first-order valence-electron chi connectivity index (χ1n) is 8.51. The van der Waals surface area contributed by atoms with Gasteiger partial charge in [-0.1, -0.05) is 24.3 Å². The molecule has 2 fully saturated rings. The minimum Gasteiger partial charge on any atom is -0.384 e. The maximum atomic E-state index is 11.0. The third-order valence-electron chi connectivity index (χ3n) is 5.57. The SMILES string of the molecule is O[C@@]1(CNC2CCC3(CC2)OCCO3)CCc2ccccc21. The molecule has 0 radical (unpaired) electrons. The highest BCUT2D eigenvalue weighted by molar-refractivity contribution is 5.37. The van der Waals surface area contributed by atoms with E-state index < -0.39 is 5.60 Å². The van der Waals surface area contributed by atoms with Gasteiger partial charge in [0, 0.05) is 25.4 Å². The van der Waals surface area contributed by atoms with E-state index in [2.05, 4.69) is 23.5 Å². The van der Waals surface area contributed by atoms with Crippen molar-refractivity contribution in [3.8, 4) is 0 Å². The summed E-state index contributed by atoms with van der Waals surface area (Å²) in [6.07, 6.45) is 5.82. The second-order valence-electron chi connectivity index (χ2n) is 6.95. The van der Waals surface area contributed by atoms with Gasteiger partial charge < -0.3 is 19.9 Å². The molecule has 4 nitrogen and oxygen atoms in total. The molecule has 3 aliphatic rings. The zero-order chi connectivity index (χ0) is 15.0. The van der Waals surface area contributed by atoms with Gasteiger partial charge in [-0.05, 0) is 36.8 Å². The van der Waals surface area contributed by atoms with Gasteiger partial charge in [0.15, 0.2) is 5.79 Å². The van der Waals surface area contributed by atoms with Crippen LogP contribution in [0.1, 0.15) is 43.2 Å². The fourth-order valence-electron chi connectivity index (χ4n) is 4.21. The number of benzene rings is 1. The maximum Gasteiger partial charge on any atom is 0.168 e. The highest BCUT2D eigenvalue weighted by atomic mass is 16.7. The molecule has 0 aromatic heterocycles. The van der Waals surface area contributed by atoms with Crippen molar-refractivity contribution in [2.45, 2.75) is 56.0 Å². The van der Waals surface area contributed by atoms with Crippen LogP contribution < -0.4 is 5.32 Å². The van der Waals surface area contributed by atoms with Crippen LogP contribution in [-0.2, 0) is 21.5 Å². The predicted octanol–water partition coefficient (Wildman–Crippen LogP) is 2.10. The molecule has 1 saturated heterocycles. The van der Waals surface area contributed by atoms with Crippen molar-refractivity contribution < 1.29 is 14.6 Å². The molecule has 0 bridgehead atoms. The van der Waals surface area contributed by atoms with Crippen molar-refractivity contribution in [1.29, 1.82) is 0 Å². The van der Waals surface area contributed by atoms with E-state index >= 15 is 0 Å². The Morgan fingerprint density at radius 3 is 2.59 bits per heavy atom. The van der Waals surface area contributed by atoms with E-state index in [9.17, 15) is 5.11 Å². The molecule has 1 atom stereocenters. The smallest absolute Gasteiger partial charge is 0.168 e. The summed E-state index contributed by atoms with van der Waals surface area (Å²) in [5.74, 6) is -0.297. The molecule has 0 amide bonds. The Balaban J connectivity index is 1.34. The molecule has 1 saturated carbocycles. The van der Waals surface area contributed by atoms with Crippen LogP contribution in [0.2, 0.25) is 0 Å². The summed E-state index contributed by atoms with van der Waals surface area (Å²) < 4.78 is 11.5. The fourth-order valence-corrected chi connectivity index (χ4v) is 4.21. The number of aryl methyl sites for hydroxylation is 1. The lowest BCUT2D eigenvalue weighted by Gasteiger charge is -2.37. The number of ether oxygens (including phenoxy) is 2. The average Bonchev–Trinajstić information content (AvgIpc) is 3.14. The number of fused-ring (bicyclic) bond motifs is 1. The maximum absolute atomic E-state index is 11.0. The Morgan fingerprint density at radius 2 is 1.82 bits per heavy atom. The molecule has 4 rings (SSSR count). The molecule has 120 valence electrons. The largest absolute Gasteiger partial charge is 0.384 e. The second kappa shape index (κ2) is 5.60. The molecule has 1 spiro atoms. The highest BCUT2D eigenvalue weighted by Crippen LogP contribution is 2.38. The molecule has 1 aromatic carbocycles. The second-order valence-corrected chi connectivity index (χ2v) is 6.95. The molecule has 1 heterocycles. The van der Waals surface area contributed by atoms with E-state index in [0.717, 1.165) is 57.3 Å². The average molecular weight is 303 g/mol. The normalized spacial score (nSPS) is 30.8. The number of nitrogens with one attached hydrogen (secondary N) is 1. The quantitative estimate of drug-likeness (QED) is 0.898. The first-order chi connectivity index (χ1) is 10.7. The minimum absolute atomic E-state index is 0.297. The van der Waals surface area contributed by atoms with E-state index in [-0.39, 0.29) is 5.79 Å². The van der Waals surface area contributed by atoms with Crippen molar-refractivity contribution in [2.75, 3.05) is 19.8 Å². The van der Waals surface area contributed by atoms with Gasteiger partial charge in [-0.2, -0.15) is 0 Å². The van der Waals surface area contributed by atoms with Crippen LogP contribution in [0.3, 0.4) is 0 Å². The van der Waals surface area contributed by atoms with Gasteiger partial charge in [-0.3, -0.25) is 0 Å². The molecule has 4 heteroatoms. The third kappa shape index (κ3) is 2.58. The number of hydrogen-bond donors (Lipinski definition) is 2. The van der Waals surface area contributed by atoms with Crippen molar-refractivity contribution >= 4 is 0 Å². The summed E-state index contributed by atoms with van der Waals surface area (Å²) in [6.45, 7) is 2.10. The van der Waals surface area contributed by atoms with E-state index in [4.69, 9.17) is 9.47 Å². The van der Waals surface area contributed by atoms with Crippen LogP contribution >= 0.6 is 0 Å². The molecule has 1 aliphatic heterocycles. The van der Waals surface area contributed by atoms with E-state index in [0.29, 0.717) is 12.6 Å². The third-order valence-corrected chi connectivity index (χ3v) is 5.57. The van der Waals surface area contributed by atoms with Crippen molar-refractivity contribution in [2.24, 2.45) is 0 Å². The van der Waals surface area contributed by atoms with E-state index in [1.807, 2.05) is 6.07 Å². The predicted molar refractivity (Wildman–Crippen MR) is 83.6 cm³/mol. The van der Waals surface area contributed by atoms with Gasteiger partial charge in [-0.25, -0.2) is 0 Å². The monoisotopic (exact) mass is 303 g/mol. The molecule has 1 aromatic rings. The molecular formula is C18H25NO3. The zero-order valence-corrected chi connectivity index (χ0v) is 13.0. The minimum atomic E-state index is -0.702. The summed E-state index contributed by atoms with van der Waals surface area (Å²) in [4.78, 5) is 0. The van der Waals surface area contributed by atoms with Gasteiger partial charge in [-0.15, -0.1) is 0 Å². The van der Waals surface area contributed by atoms with Gasteiger partial charge >= 0.3 is 0 Å². The van der Waals surface area contributed by atoms with Crippen LogP contribution in [0.5, 0.6) is 0 Å². The molecule has 2 N–H and O–H groups in total. The first-order valence-corrected chi connectivity index (χ1v) is 8.51. The van der Waals surface area contributed by atoms with E-state index in [1.54, 1.807) is 0 Å². The molecule has 0 unspecified atom stereocenters. The van der Waals surface area contributed by atoms with Crippen LogP contribution in [0.15, 0.2) is 24.3 Å².